The van der Waals surface area contributed by atoms with Crippen molar-refractivity contribution < 1.29 is 14.4 Å². The molecular weight excluding hydrogens is 158 g/mol. The van der Waals surface area contributed by atoms with E-state index in [0.717, 1.165) is 12.8 Å². The van der Waals surface area contributed by atoms with Crippen LogP contribution in [-0.2, 0) is 14.4 Å². The van der Waals surface area contributed by atoms with Gasteiger partial charge in [0.2, 0.25) is 0 Å². The van der Waals surface area contributed by atoms with Crippen LogP contribution in [0, 0.1) is 17.8 Å². The fourth-order valence-electron chi connectivity index (χ4n) is 3.09. The Balaban J connectivity index is 1.96. The molecule has 5 atom stereocenters. The smallest absolute Gasteiger partial charge is 0.309 e. The molecule has 0 aromatic heterocycles. The number of ether oxygens (including phenoxy) is 1. The summed E-state index contributed by atoms with van der Waals surface area (Å²) in [6.07, 6.45) is 1.91. The quantitative estimate of drug-likeness (QED) is 0.437. The maximum absolute atomic E-state index is 11.2. The van der Waals surface area contributed by atoms with Crippen LogP contribution in [0.2, 0.25) is 0 Å². The number of rotatable bonds is 1. The molecule has 0 amide bonds. The summed E-state index contributed by atoms with van der Waals surface area (Å²) in [5, 5.41) is 0. The third-order valence-electron chi connectivity index (χ3n) is 3.57. The zero-order valence-electron chi connectivity index (χ0n) is 6.60. The van der Waals surface area contributed by atoms with Crippen LogP contribution in [0.1, 0.15) is 12.8 Å². The Morgan fingerprint density at radius 2 is 2.33 bits per heavy atom. The van der Waals surface area contributed by atoms with Gasteiger partial charge in [-0.25, -0.2) is 5.90 Å². The highest BCUT2D eigenvalue weighted by atomic mass is 16.6. The third kappa shape index (κ3) is 0.593. The molecule has 12 heavy (non-hydrogen) atoms. The van der Waals surface area contributed by atoms with E-state index in [4.69, 9.17) is 15.5 Å². The van der Waals surface area contributed by atoms with Gasteiger partial charge in [-0.3, -0.25) is 9.63 Å². The molecule has 0 aromatic carbocycles. The minimum atomic E-state index is -0.0359. The topological polar surface area (TPSA) is 61.5 Å². The van der Waals surface area contributed by atoms with Crippen LogP contribution in [0.25, 0.3) is 0 Å². The van der Waals surface area contributed by atoms with Gasteiger partial charge in [-0.05, 0) is 18.8 Å². The van der Waals surface area contributed by atoms with Crippen LogP contribution in [0.15, 0.2) is 0 Å². The standard InChI is InChI=1S/C8H11NO3/c9-12-6-3-1-4-5(2-3)8(10)11-7(4)6/h3-7H,1-2,9H2. The molecule has 3 rings (SSSR count). The lowest BCUT2D eigenvalue weighted by Gasteiger charge is -2.22. The zero-order chi connectivity index (χ0) is 8.29. The van der Waals surface area contributed by atoms with Gasteiger partial charge in [0.25, 0.3) is 0 Å². The highest BCUT2D eigenvalue weighted by molar-refractivity contribution is 5.76. The molecule has 5 unspecified atom stereocenters. The van der Waals surface area contributed by atoms with Gasteiger partial charge >= 0.3 is 5.97 Å². The van der Waals surface area contributed by atoms with E-state index in [1.165, 1.54) is 0 Å². The highest BCUT2D eigenvalue weighted by Crippen LogP contribution is 2.54. The number of carbonyl (C=O) groups is 1. The zero-order valence-corrected chi connectivity index (χ0v) is 6.60. The fraction of sp³-hybridized carbons (Fsp3) is 0.875. The van der Waals surface area contributed by atoms with Crippen molar-refractivity contribution >= 4 is 5.97 Å². The Morgan fingerprint density at radius 3 is 3.08 bits per heavy atom. The molecule has 1 aliphatic heterocycles. The van der Waals surface area contributed by atoms with Crippen LogP contribution in [-0.4, -0.2) is 18.2 Å². The maximum atomic E-state index is 11.2. The molecule has 2 aliphatic carbocycles. The van der Waals surface area contributed by atoms with Crippen molar-refractivity contribution in [3.63, 3.8) is 0 Å². The fourth-order valence-corrected chi connectivity index (χ4v) is 3.09. The second-order valence-electron chi connectivity index (χ2n) is 4.00. The Bertz CT molecular complexity index is 242. The number of nitrogens with two attached hydrogens (primary N) is 1. The van der Waals surface area contributed by atoms with Crippen molar-refractivity contribution in [2.75, 3.05) is 0 Å². The second kappa shape index (κ2) is 2.00. The second-order valence-corrected chi connectivity index (χ2v) is 4.00. The number of carbonyl (C=O) groups excluding carboxylic acids is 1. The summed E-state index contributed by atoms with van der Waals surface area (Å²) in [4.78, 5) is 16.1. The number of hydrogen-bond donors (Lipinski definition) is 1. The van der Waals surface area contributed by atoms with Crippen LogP contribution >= 0.6 is 0 Å². The van der Waals surface area contributed by atoms with Crippen molar-refractivity contribution in [3.05, 3.63) is 0 Å². The van der Waals surface area contributed by atoms with E-state index in [2.05, 4.69) is 0 Å². The number of fused-ring (bicyclic) bond motifs is 1. The van der Waals surface area contributed by atoms with E-state index in [-0.39, 0.29) is 24.1 Å². The monoisotopic (exact) mass is 169 g/mol. The van der Waals surface area contributed by atoms with E-state index in [0.29, 0.717) is 11.8 Å². The van der Waals surface area contributed by atoms with E-state index >= 15 is 0 Å². The highest BCUT2D eigenvalue weighted by Gasteiger charge is 2.62. The van der Waals surface area contributed by atoms with Gasteiger partial charge in [-0.15, -0.1) is 0 Å². The first-order chi connectivity index (χ1) is 5.81. The van der Waals surface area contributed by atoms with Crippen LogP contribution in [0.4, 0.5) is 0 Å². The largest absolute Gasteiger partial charge is 0.459 e. The Hall–Kier alpha value is -0.610. The molecule has 3 fully saturated rings. The summed E-state index contributed by atoms with van der Waals surface area (Å²) in [5.74, 6) is 6.14. The summed E-state index contributed by atoms with van der Waals surface area (Å²) < 4.78 is 5.20. The normalized spacial score (nSPS) is 54.8. The molecule has 3 aliphatic rings. The average molecular weight is 169 g/mol. The number of esters is 1. The molecular formula is C8H11NO3. The van der Waals surface area contributed by atoms with Gasteiger partial charge in [0.05, 0.1) is 5.92 Å². The van der Waals surface area contributed by atoms with Crippen LogP contribution in [0.3, 0.4) is 0 Å². The van der Waals surface area contributed by atoms with Gasteiger partial charge in [0, 0.05) is 5.92 Å². The minimum absolute atomic E-state index is 0.0299. The summed E-state index contributed by atoms with van der Waals surface area (Å²) >= 11 is 0. The molecule has 66 valence electrons. The maximum Gasteiger partial charge on any atom is 0.309 e. The van der Waals surface area contributed by atoms with Crippen molar-refractivity contribution in [2.45, 2.75) is 25.0 Å². The minimum Gasteiger partial charge on any atom is -0.459 e. The molecule has 2 saturated carbocycles. The van der Waals surface area contributed by atoms with Crippen molar-refractivity contribution in [1.29, 1.82) is 0 Å². The molecule has 1 saturated heterocycles. The first-order valence-corrected chi connectivity index (χ1v) is 4.37. The summed E-state index contributed by atoms with van der Waals surface area (Å²) in [5.41, 5.74) is 0. The first kappa shape index (κ1) is 6.86. The van der Waals surface area contributed by atoms with Gasteiger partial charge in [0.15, 0.2) is 0 Å². The van der Waals surface area contributed by atoms with E-state index in [1.54, 1.807) is 0 Å². The lowest BCUT2D eigenvalue weighted by atomic mass is 9.88. The number of hydrogen-bond acceptors (Lipinski definition) is 4. The van der Waals surface area contributed by atoms with Crippen LogP contribution in [0.5, 0.6) is 0 Å². The first-order valence-electron chi connectivity index (χ1n) is 4.37. The van der Waals surface area contributed by atoms with Crippen molar-refractivity contribution in [2.24, 2.45) is 23.7 Å². The third-order valence-corrected chi connectivity index (χ3v) is 3.57. The van der Waals surface area contributed by atoms with Crippen LogP contribution < -0.4 is 5.90 Å². The Kier molecular flexibility index (Phi) is 1.14. The van der Waals surface area contributed by atoms with Crippen molar-refractivity contribution in [1.82, 2.24) is 0 Å². The SMILES string of the molecule is NOC1C2CC3C(=O)OC1C3C2. The Labute approximate surface area is 70.0 Å². The van der Waals surface area contributed by atoms with E-state index in [9.17, 15) is 4.79 Å². The Morgan fingerprint density at radius 1 is 1.50 bits per heavy atom. The predicted molar refractivity (Wildman–Crippen MR) is 38.6 cm³/mol. The predicted octanol–water partition coefficient (Wildman–Crippen LogP) is -0.173. The molecule has 2 N–H and O–H groups in total. The molecule has 4 nitrogen and oxygen atoms in total. The van der Waals surface area contributed by atoms with Gasteiger partial charge in [-0.1, -0.05) is 0 Å². The molecule has 4 heteroatoms. The van der Waals surface area contributed by atoms with E-state index < -0.39 is 0 Å². The molecule has 0 spiro atoms. The van der Waals surface area contributed by atoms with E-state index in [1.807, 2.05) is 0 Å². The van der Waals surface area contributed by atoms with Gasteiger partial charge in [0.1, 0.15) is 12.2 Å². The average Bonchev–Trinajstić information content (AvgIpc) is 2.63. The molecule has 0 radical (unpaired) electrons. The lowest BCUT2D eigenvalue weighted by molar-refractivity contribution is -0.147. The molecule has 2 bridgehead atoms. The molecule has 1 heterocycles. The summed E-state index contributed by atoms with van der Waals surface area (Å²) in [7, 11) is 0. The summed E-state index contributed by atoms with van der Waals surface area (Å²) in [6.45, 7) is 0. The lowest BCUT2D eigenvalue weighted by Crippen LogP contribution is -2.36. The van der Waals surface area contributed by atoms with Crippen molar-refractivity contribution in [3.8, 4) is 0 Å². The molecule has 0 aromatic rings. The van der Waals surface area contributed by atoms with Gasteiger partial charge < -0.3 is 4.74 Å². The summed E-state index contributed by atoms with van der Waals surface area (Å²) in [6, 6.07) is 0. The van der Waals surface area contributed by atoms with Gasteiger partial charge in [-0.2, -0.15) is 0 Å².